The standard InChI is InChI=1S/C21H23FN4O2/c1-26(2)20(17-6-4-5-7-18(17)22)21(27)23-12-15-13-24-25-19(15)14-8-10-16(28-3)11-9-14/h4-11,13,20H,12H2,1-3H3,(H,23,27)(H,24,25). The number of benzene rings is 2. The van der Waals surface area contributed by atoms with Gasteiger partial charge in [0.1, 0.15) is 17.6 Å². The van der Waals surface area contributed by atoms with E-state index < -0.39 is 11.9 Å². The molecule has 28 heavy (non-hydrogen) atoms. The monoisotopic (exact) mass is 382 g/mol. The molecule has 6 nitrogen and oxygen atoms in total. The number of nitrogens with zero attached hydrogens (tertiary/aromatic N) is 2. The third kappa shape index (κ3) is 4.20. The molecule has 1 atom stereocenters. The van der Waals surface area contributed by atoms with Gasteiger partial charge in [-0.25, -0.2) is 4.39 Å². The van der Waals surface area contributed by atoms with Crippen molar-refractivity contribution in [1.29, 1.82) is 0 Å². The normalized spacial score (nSPS) is 12.0. The number of nitrogens with one attached hydrogen (secondary N) is 2. The molecule has 2 N–H and O–H groups in total. The predicted octanol–water partition coefficient (Wildman–Crippen LogP) is 3.14. The number of ether oxygens (including phenoxy) is 1. The molecule has 0 spiro atoms. The smallest absolute Gasteiger partial charge is 0.242 e. The molecular weight excluding hydrogens is 359 g/mol. The van der Waals surface area contributed by atoms with Crippen LogP contribution in [0.3, 0.4) is 0 Å². The van der Waals surface area contributed by atoms with Crippen LogP contribution in [0.5, 0.6) is 5.75 Å². The van der Waals surface area contributed by atoms with Crippen LogP contribution in [0.25, 0.3) is 11.3 Å². The molecule has 1 amide bonds. The number of carbonyl (C=O) groups is 1. The van der Waals surface area contributed by atoms with Gasteiger partial charge in [-0.2, -0.15) is 5.10 Å². The van der Waals surface area contributed by atoms with E-state index in [-0.39, 0.29) is 12.5 Å². The van der Waals surface area contributed by atoms with E-state index in [1.54, 1.807) is 50.5 Å². The molecule has 0 aliphatic rings. The van der Waals surface area contributed by atoms with Gasteiger partial charge in [-0.05, 0) is 44.4 Å². The summed E-state index contributed by atoms with van der Waals surface area (Å²) >= 11 is 0. The molecule has 1 unspecified atom stereocenters. The van der Waals surface area contributed by atoms with Crippen molar-refractivity contribution in [2.24, 2.45) is 0 Å². The van der Waals surface area contributed by atoms with Crippen molar-refractivity contribution in [3.8, 4) is 17.0 Å². The van der Waals surface area contributed by atoms with Gasteiger partial charge in [-0.15, -0.1) is 0 Å². The van der Waals surface area contributed by atoms with E-state index in [4.69, 9.17) is 4.74 Å². The zero-order chi connectivity index (χ0) is 20.1. The second-order valence-corrected chi connectivity index (χ2v) is 6.60. The van der Waals surface area contributed by atoms with Crippen LogP contribution < -0.4 is 10.1 Å². The molecule has 0 fully saturated rings. The van der Waals surface area contributed by atoms with E-state index in [1.807, 2.05) is 24.3 Å². The van der Waals surface area contributed by atoms with Crippen molar-refractivity contribution in [2.45, 2.75) is 12.6 Å². The van der Waals surface area contributed by atoms with E-state index in [1.165, 1.54) is 6.07 Å². The summed E-state index contributed by atoms with van der Waals surface area (Å²) in [5.74, 6) is 0.0763. The Labute approximate surface area is 163 Å². The largest absolute Gasteiger partial charge is 0.497 e. The highest BCUT2D eigenvalue weighted by molar-refractivity contribution is 5.83. The minimum Gasteiger partial charge on any atom is -0.497 e. The van der Waals surface area contributed by atoms with Gasteiger partial charge in [-0.3, -0.25) is 14.8 Å². The molecule has 3 aromatic rings. The average Bonchev–Trinajstić information content (AvgIpc) is 3.16. The molecule has 0 saturated heterocycles. The van der Waals surface area contributed by atoms with Gasteiger partial charge in [-0.1, -0.05) is 18.2 Å². The number of hydrogen-bond donors (Lipinski definition) is 2. The Bertz CT molecular complexity index is 938. The van der Waals surface area contributed by atoms with Crippen LogP contribution in [0.15, 0.2) is 54.7 Å². The summed E-state index contributed by atoms with van der Waals surface area (Å²) in [4.78, 5) is 14.5. The van der Waals surface area contributed by atoms with Crippen molar-refractivity contribution in [3.05, 3.63) is 71.7 Å². The van der Waals surface area contributed by atoms with E-state index >= 15 is 0 Å². The van der Waals surface area contributed by atoms with E-state index in [0.29, 0.717) is 5.56 Å². The van der Waals surface area contributed by atoms with Crippen LogP contribution in [0.4, 0.5) is 4.39 Å². The van der Waals surface area contributed by atoms with E-state index in [0.717, 1.165) is 22.6 Å². The summed E-state index contributed by atoms with van der Waals surface area (Å²) in [6, 6.07) is 13.1. The Morgan fingerprint density at radius 3 is 2.57 bits per heavy atom. The average molecular weight is 382 g/mol. The number of hydrogen-bond acceptors (Lipinski definition) is 4. The van der Waals surface area contributed by atoms with Crippen LogP contribution in [-0.2, 0) is 11.3 Å². The van der Waals surface area contributed by atoms with Gasteiger partial charge in [0.05, 0.1) is 19.0 Å². The summed E-state index contributed by atoms with van der Waals surface area (Å²) in [5.41, 5.74) is 2.92. The summed E-state index contributed by atoms with van der Waals surface area (Å²) < 4.78 is 19.4. The lowest BCUT2D eigenvalue weighted by molar-refractivity contribution is -0.126. The molecule has 2 aromatic carbocycles. The Morgan fingerprint density at radius 2 is 1.93 bits per heavy atom. The lowest BCUT2D eigenvalue weighted by Gasteiger charge is -2.24. The molecular formula is C21H23FN4O2. The number of aromatic amines is 1. The molecule has 0 radical (unpaired) electrons. The van der Waals surface area contributed by atoms with Gasteiger partial charge in [0.2, 0.25) is 5.91 Å². The first kappa shape index (κ1) is 19.6. The predicted molar refractivity (Wildman–Crippen MR) is 105 cm³/mol. The quantitative estimate of drug-likeness (QED) is 0.659. The highest BCUT2D eigenvalue weighted by atomic mass is 19.1. The summed E-state index contributed by atoms with van der Waals surface area (Å²) in [6.45, 7) is 0.273. The van der Waals surface area contributed by atoms with Crippen LogP contribution in [-0.4, -0.2) is 42.2 Å². The number of H-pyrrole nitrogens is 1. The Kier molecular flexibility index (Phi) is 6.06. The number of aromatic nitrogens is 2. The van der Waals surface area contributed by atoms with Crippen molar-refractivity contribution in [3.63, 3.8) is 0 Å². The Morgan fingerprint density at radius 1 is 1.21 bits per heavy atom. The first-order valence-corrected chi connectivity index (χ1v) is 8.86. The highest BCUT2D eigenvalue weighted by Gasteiger charge is 2.25. The molecule has 0 saturated carbocycles. The van der Waals surface area contributed by atoms with Crippen molar-refractivity contribution in [1.82, 2.24) is 20.4 Å². The van der Waals surface area contributed by atoms with Crippen molar-refractivity contribution >= 4 is 5.91 Å². The Hall–Kier alpha value is -3.19. The highest BCUT2D eigenvalue weighted by Crippen LogP contribution is 2.25. The SMILES string of the molecule is COc1ccc(-c2[nH]ncc2CNC(=O)C(c2ccccc2F)N(C)C)cc1. The first-order valence-electron chi connectivity index (χ1n) is 8.86. The minimum atomic E-state index is -0.725. The second-order valence-electron chi connectivity index (χ2n) is 6.60. The third-order valence-electron chi connectivity index (χ3n) is 4.51. The van der Waals surface area contributed by atoms with Crippen LogP contribution >= 0.6 is 0 Å². The van der Waals surface area contributed by atoms with E-state index in [9.17, 15) is 9.18 Å². The maximum absolute atomic E-state index is 14.2. The molecule has 3 rings (SSSR count). The zero-order valence-corrected chi connectivity index (χ0v) is 16.1. The maximum atomic E-state index is 14.2. The lowest BCUT2D eigenvalue weighted by atomic mass is 10.0. The Balaban J connectivity index is 1.75. The van der Waals surface area contributed by atoms with Gasteiger partial charge in [0, 0.05) is 23.2 Å². The fourth-order valence-electron chi connectivity index (χ4n) is 3.08. The van der Waals surface area contributed by atoms with Crippen LogP contribution in [0, 0.1) is 5.82 Å². The molecule has 1 aromatic heterocycles. The molecule has 7 heteroatoms. The third-order valence-corrected chi connectivity index (χ3v) is 4.51. The minimum absolute atomic E-state index is 0.273. The number of carbonyl (C=O) groups excluding carboxylic acids is 1. The second kappa shape index (κ2) is 8.67. The summed E-state index contributed by atoms with van der Waals surface area (Å²) in [6.07, 6.45) is 1.67. The summed E-state index contributed by atoms with van der Waals surface area (Å²) in [7, 11) is 5.11. The van der Waals surface area contributed by atoms with Crippen molar-refractivity contribution < 1.29 is 13.9 Å². The topological polar surface area (TPSA) is 70.2 Å². The first-order chi connectivity index (χ1) is 13.5. The van der Waals surface area contributed by atoms with Gasteiger partial charge in [0.15, 0.2) is 0 Å². The van der Waals surface area contributed by atoms with Gasteiger partial charge in [0.25, 0.3) is 0 Å². The fourth-order valence-corrected chi connectivity index (χ4v) is 3.08. The van der Waals surface area contributed by atoms with Gasteiger partial charge >= 0.3 is 0 Å². The van der Waals surface area contributed by atoms with Crippen LogP contribution in [0.1, 0.15) is 17.2 Å². The number of rotatable bonds is 7. The number of halogens is 1. The van der Waals surface area contributed by atoms with Crippen LogP contribution in [0.2, 0.25) is 0 Å². The molecule has 0 bridgehead atoms. The van der Waals surface area contributed by atoms with E-state index in [2.05, 4.69) is 15.5 Å². The number of amides is 1. The fraction of sp³-hybridized carbons (Fsp3) is 0.238. The number of methoxy groups -OCH3 is 1. The lowest BCUT2D eigenvalue weighted by Crippen LogP contribution is -2.37. The number of likely N-dealkylation sites (N-methyl/N-ethyl adjacent to an activating group) is 1. The molecule has 0 aliphatic heterocycles. The van der Waals surface area contributed by atoms with Crippen molar-refractivity contribution in [2.75, 3.05) is 21.2 Å². The maximum Gasteiger partial charge on any atom is 0.242 e. The van der Waals surface area contributed by atoms with Gasteiger partial charge < -0.3 is 10.1 Å². The molecule has 0 aliphatic carbocycles. The molecule has 146 valence electrons. The summed E-state index contributed by atoms with van der Waals surface area (Å²) in [5, 5.41) is 9.95. The zero-order valence-electron chi connectivity index (χ0n) is 16.1. The molecule has 1 heterocycles.